The summed E-state index contributed by atoms with van der Waals surface area (Å²) in [5.41, 5.74) is 5.95. The van der Waals surface area contributed by atoms with E-state index in [4.69, 9.17) is 0 Å². The number of rotatable bonds is 5. The third-order valence-electron chi connectivity index (χ3n) is 5.35. The van der Waals surface area contributed by atoms with E-state index in [0.29, 0.717) is 13.2 Å². The number of hydrogen-bond acceptors (Lipinski definition) is 3. The van der Waals surface area contributed by atoms with Crippen LogP contribution in [0.15, 0.2) is 47.0 Å². The summed E-state index contributed by atoms with van der Waals surface area (Å²) in [5, 5.41) is 0. The smallest absolute Gasteiger partial charge is 0.0785 e. The maximum Gasteiger partial charge on any atom is 0.0785 e. The molecule has 3 nitrogen and oxygen atoms in total. The molecule has 0 amide bonds. The molecule has 2 heterocycles. The average molecular weight is 460 g/mol. The minimum atomic E-state index is -1.51. The third-order valence-corrected chi connectivity index (χ3v) is 7.31. The second-order valence-electron chi connectivity index (χ2n) is 8.18. The molecule has 1 N–H and O–H groups in total. The zero-order chi connectivity index (χ0) is 24.3. The van der Waals surface area contributed by atoms with Crippen LogP contribution in [0.3, 0.4) is 0 Å². The predicted molar refractivity (Wildman–Crippen MR) is 146 cm³/mol. The number of nitrogens with zero attached hydrogens (tertiary/aromatic N) is 2. The average Bonchev–Trinajstić information content (AvgIpc) is 2.79. The Labute approximate surface area is 196 Å². The lowest BCUT2D eigenvalue weighted by Gasteiger charge is -2.32. The molecule has 0 unspecified atom stereocenters. The van der Waals surface area contributed by atoms with Crippen LogP contribution in [0.2, 0.25) is 0 Å². The van der Waals surface area contributed by atoms with Gasteiger partial charge in [-0.15, -0.1) is 9.39 Å². The highest BCUT2D eigenvalue weighted by molar-refractivity contribution is 8.26. The molecule has 1 saturated heterocycles. The first-order chi connectivity index (χ1) is 15.3. The summed E-state index contributed by atoms with van der Waals surface area (Å²) in [4.78, 5) is 8.06. The molecule has 32 heavy (non-hydrogen) atoms. The first-order valence-corrected chi connectivity index (χ1v) is 13.3. The van der Waals surface area contributed by atoms with Crippen LogP contribution in [0.1, 0.15) is 51.8 Å². The minimum Gasteiger partial charge on any atom is -0.306 e. The van der Waals surface area contributed by atoms with E-state index in [0.717, 1.165) is 31.6 Å². The second-order valence-corrected chi connectivity index (χ2v) is 10.7. The fourth-order valence-corrected chi connectivity index (χ4v) is 5.38. The summed E-state index contributed by atoms with van der Waals surface area (Å²) >= 11 is 0. The fraction of sp³-hybridized carbons (Fsp3) is 0.444. The van der Waals surface area contributed by atoms with Gasteiger partial charge in [0.05, 0.1) is 7.18 Å². The van der Waals surface area contributed by atoms with Gasteiger partial charge in [-0.05, 0) is 83.1 Å². The fourth-order valence-electron chi connectivity index (χ4n) is 3.71. The summed E-state index contributed by atoms with van der Waals surface area (Å²) in [6.45, 7) is 12.6. The SMILES string of the molecule is C=S(=C)(NC1CCN(C)CC1)c1ccc(-c2ccnc(C)c2C=C(C)C)cc1.CC.CF. The Hall–Kier alpha value is -1.95. The van der Waals surface area contributed by atoms with E-state index in [1.165, 1.54) is 27.2 Å². The van der Waals surface area contributed by atoms with Crippen molar-refractivity contribution in [3.63, 3.8) is 0 Å². The highest BCUT2D eigenvalue weighted by atomic mass is 32.2. The molecular weight excluding hydrogens is 417 g/mol. The molecule has 1 aromatic carbocycles. The first kappa shape index (κ1) is 28.1. The zero-order valence-corrected chi connectivity index (χ0v) is 21.9. The van der Waals surface area contributed by atoms with Gasteiger partial charge >= 0.3 is 0 Å². The molecule has 1 aliphatic rings. The quantitative estimate of drug-likeness (QED) is 0.503. The van der Waals surface area contributed by atoms with Crippen LogP contribution in [-0.2, 0) is 0 Å². The van der Waals surface area contributed by atoms with Crippen LogP contribution in [0.4, 0.5) is 4.39 Å². The monoisotopic (exact) mass is 459 g/mol. The van der Waals surface area contributed by atoms with Crippen molar-refractivity contribution in [2.75, 3.05) is 27.3 Å². The maximum atomic E-state index is 9.50. The molecular formula is C27H42FN3S. The first-order valence-electron chi connectivity index (χ1n) is 11.3. The number of aryl methyl sites for hydroxylation is 1. The van der Waals surface area contributed by atoms with E-state index in [9.17, 15) is 4.39 Å². The number of benzene rings is 1. The van der Waals surface area contributed by atoms with Crippen molar-refractivity contribution >= 4 is 27.2 Å². The van der Waals surface area contributed by atoms with Crippen molar-refractivity contribution in [1.82, 2.24) is 14.6 Å². The number of aromatic nitrogens is 1. The lowest BCUT2D eigenvalue weighted by atomic mass is 9.98. The molecule has 5 heteroatoms. The number of piperidine rings is 1. The summed E-state index contributed by atoms with van der Waals surface area (Å²) in [6, 6.07) is 11.4. The Morgan fingerprint density at radius 3 is 2.19 bits per heavy atom. The van der Waals surface area contributed by atoms with Crippen LogP contribution in [0.5, 0.6) is 0 Å². The van der Waals surface area contributed by atoms with E-state index in [-0.39, 0.29) is 0 Å². The molecule has 0 atom stereocenters. The zero-order valence-electron chi connectivity index (χ0n) is 21.0. The van der Waals surface area contributed by atoms with Crippen LogP contribution in [0, 0.1) is 6.92 Å². The molecule has 1 aliphatic heterocycles. The second kappa shape index (κ2) is 13.6. The van der Waals surface area contributed by atoms with Crippen LogP contribution >= 0.6 is 9.39 Å². The van der Waals surface area contributed by atoms with E-state index in [2.05, 4.69) is 90.6 Å². The van der Waals surface area contributed by atoms with Gasteiger partial charge < -0.3 is 4.90 Å². The van der Waals surface area contributed by atoms with Crippen molar-refractivity contribution in [2.45, 2.75) is 58.4 Å². The molecule has 0 aliphatic carbocycles. The van der Waals surface area contributed by atoms with Crippen LogP contribution < -0.4 is 4.72 Å². The molecule has 1 fully saturated rings. The summed E-state index contributed by atoms with van der Waals surface area (Å²) in [7, 11) is 1.18. The van der Waals surface area contributed by atoms with Gasteiger partial charge in [0.2, 0.25) is 0 Å². The number of allylic oxidation sites excluding steroid dienone is 1. The molecule has 178 valence electrons. The Balaban J connectivity index is 0.00000121. The van der Waals surface area contributed by atoms with Crippen molar-refractivity contribution in [1.29, 1.82) is 0 Å². The van der Waals surface area contributed by atoms with Gasteiger partial charge in [0.1, 0.15) is 0 Å². The largest absolute Gasteiger partial charge is 0.306 e. The van der Waals surface area contributed by atoms with E-state index >= 15 is 0 Å². The van der Waals surface area contributed by atoms with E-state index in [1.54, 1.807) is 0 Å². The Bertz CT molecular complexity index is 951. The third kappa shape index (κ3) is 7.88. The van der Waals surface area contributed by atoms with Gasteiger partial charge in [-0.25, -0.2) is 0 Å². The molecule has 0 saturated carbocycles. The van der Waals surface area contributed by atoms with Crippen molar-refractivity contribution in [3.8, 4) is 11.1 Å². The van der Waals surface area contributed by atoms with Crippen molar-refractivity contribution < 1.29 is 4.39 Å². The standard InChI is InChI=1S/C24H33N3S.C2H6.CH3F/c1-18(2)17-24-19(3)25-14-11-23(24)20-7-9-22(10-8-20)28(5,6)26-21-12-15-27(4)16-13-21;2*1-2/h7-11,14,17,21,26H,5-6,12-13,15-16H2,1-4H3;1-2H3;1H3. The predicted octanol–water partition coefficient (Wildman–Crippen LogP) is 6.72. The van der Waals surface area contributed by atoms with Gasteiger partial charge in [0, 0.05) is 28.4 Å². The molecule has 0 radical (unpaired) electrons. The summed E-state index contributed by atoms with van der Waals surface area (Å²) in [6.07, 6.45) is 6.43. The van der Waals surface area contributed by atoms with Crippen molar-refractivity contribution in [2.24, 2.45) is 0 Å². The molecule has 3 rings (SSSR count). The van der Waals surface area contributed by atoms with Gasteiger partial charge in [-0.3, -0.25) is 14.1 Å². The number of nitrogens with one attached hydrogen (secondary N) is 1. The lowest BCUT2D eigenvalue weighted by Crippen LogP contribution is -2.39. The lowest BCUT2D eigenvalue weighted by molar-refractivity contribution is 0.250. The number of pyridine rings is 1. The molecule has 1 aromatic heterocycles. The number of hydrogen-bond donors (Lipinski definition) is 1. The minimum absolute atomic E-state index is 0.500. The summed E-state index contributed by atoms with van der Waals surface area (Å²) in [5.74, 6) is 8.91. The van der Waals surface area contributed by atoms with Gasteiger partial charge in [0.15, 0.2) is 0 Å². The summed E-state index contributed by atoms with van der Waals surface area (Å²) < 4.78 is 13.3. The Morgan fingerprint density at radius 2 is 1.66 bits per heavy atom. The molecule has 2 aromatic rings. The highest BCUT2D eigenvalue weighted by Crippen LogP contribution is 2.33. The number of alkyl halides is 1. The number of halogens is 1. The Kier molecular flexibility index (Phi) is 11.9. The van der Waals surface area contributed by atoms with Crippen LogP contribution in [0.25, 0.3) is 17.2 Å². The molecule has 0 bridgehead atoms. The van der Waals surface area contributed by atoms with Crippen LogP contribution in [-0.4, -0.2) is 55.0 Å². The van der Waals surface area contributed by atoms with Gasteiger partial charge in [-0.1, -0.05) is 49.4 Å². The topological polar surface area (TPSA) is 28.2 Å². The Morgan fingerprint density at radius 1 is 1.09 bits per heavy atom. The van der Waals surface area contributed by atoms with Gasteiger partial charge in [-0.2, -0.15) is 0 Å². The van der Waals surface area contributed by atoms with Gasteiger partial charge in [0.25, 0.3) is 0 Å². The normalized spacial score (nSPS) is 14.5. The van der Waals surface area contributed by atoms with Crippen molar-refractivity contribution in [3.05, 3.63) is 53.4 Å². The maximum absolute atomic E-state index is 9.50. The van der Waals surface area contributed by atoms with E-state index in [1.807, 2.05) is 20.0 Å². The highest BCUT2D eigenvalue weighted by Gasteiger charge is 2.18. The number of likely N-dealkylation sites (tertiary alicyclic amines) is 1. The van der Waals surface area contributed by atoms with E-state index < -0.39 is 9.39 Å². The molecule has 0 spiro atoms.